The molecule has 0 N–H and O–H groups in total. The van der Waals surface area contributed by atoms with Crippen molar-refractivity contribution < 1.29 is 9.47 Å². The number of likely N-dealkylation sites (N-methyl/N-ethyl adjacent to an activating group) is 1. The maximum absolute atomic E-state index is 8.97. The molecule has 4 heteroatoms. The van der Waals surface area contributed by atoms with Crippen LogP contribution in [-0.4, -0.2) is 38.3 Å². The molecule has 4 nitrogen and oxygen atoms in total. The van der Waals surface area contributed by atoms with Crippen LogP contribution in [0.5, 0.6) is 5.75 Å². The van der Waals surface area contributed by atoms with Crippen LogP contribution < -0.4 is 4.74 Å². The summed E-state index contributed by atoms with van der Waals surface area (Å²) in [6.07, 6.45) is 0. The third-order valence-corrected chi connectivity index (χ3v) is 3.21. The average Bonchev–Trinajstić information content (AvgIpc) is 2.44. The highest BCUT2D eigenvalue weighted by Gasteiger charge is 2.13. The maximum atomic E-state index is 8.97. The summed E-state index contributed by atoms with van der Waals surface area (Å²) < 4.78 is 10.4. The van der Waals surface area contributed by atoms with Gasteiger partial charge in [0.2, 0.25) is 0 Å². The van der Waals surface area contributed by atoms with Crippen molar-refractivity contribution in [3.05, 3.63) is 29.3 Å². The first-order valence-corrected chi connectivity index (χ1v) is 6.46. The number of methoxy groups -OCH3 is 2. The number of nitriles is 1. The van der Waals surface area contributed by atoms with Gasteiger partial charge in [-0.2, -0.15) is 5.26 Å². The van der Waals surface area contributed by atoms with Crippen LogP contribution in [0.15, 0.2) is 18.2 Å². The normalized spacial score (nSPS) is 12.2. The monoisotopic (exact) mass is 262 g/mol. The Kier molecular flexibility index (Phi) is 6.34. The summed E-state index contributed by atoms with van der Waals surface area (Å²) in [5, 5.41) is 8.97. The van der Waals surface area contributed by atoms with Crippen LogP contribution in [0, 0.1) is 11.3 Å². The van der Waals surface area contributed by atoms with E-state index >= 15 is 0 Å². The Morgan fingerprint density at radius 2 is 2.11 bits per heavy atom. The predicted molar refractivity (Wildman–Crippen MR) is 75.1 cm³/mol. The van der Waals surface area contributed by atoms with E-state index in [2.05, 4.69) is 24.8 Å². The second-order valence-corrected chi connectivity index (χ2v) is 4.51. The van der Waals surface area contributed by atoms with Gasteiger partial charge < -0.3 is 9.47 Å². The average molecular weight is 262 g/mol. The summed E-state index contributed by atoms with van der Waals surface area (Å²) in [6.45, 7) is 6.76. The summed E-state index contributed by atoms with van der Waals surface area (Å²) in [7, 11) is 3.31. The van der Waals surface area contributed by atoms with Gasteiger partial charge in [0.05, 0.1) is 19.3 Å². The van der Waals surface area contributed by atoms with Crippen molar-refractivity contribution in [2.24, 2.45) is 0 Å². The second-order valence-electron chi connectivity index (χ2n) is 4.51. The molecule has 1 aromatic rings. The molecule has 1 rings (SSSR count). The fourth-order valence-corrected chi connectivity index (χ4v) is 2.09. The lowest BCUT2D eigenvalue weighted by atomic mass is 10.1. The molecule has 0 amide bonds. The van der Waals surface area contributed by atoms with Gasteiger partial charge in [-0.05, 0) is 31.2 Å². The van der Waals surface area contributed by atoms with Gasteiger partial charge in [-0.15, -0.1) is 0 Å². The van der Waals surface area contributed by atoms with Crippen LogP contribution in [0.3, 0.4) is 0 Å². The summed E-state index contributed by atoms with van der Waals surface area (Å²) in [6, 6.07) is 8.20. The molecule has 1 atom stereocenters. The van der Waals surface area contributed by atoms with E-state index in [1.807, 2.05) is 18.2 Å². The molecule has 0 saturated carbocycles. The molecule has 0 bridgehead atoms. The Balaban J connectivity index is 2.83. The zero-order chi connectivity index (χ0) is 14.3. The van der Waals surface area contributed by atoms with E-state index in [4.69, 9.17) is 14.7 Å². The highest BCUT2D eigenvalue weighted by Crippen LogP contribution is 2.20. The minimum absolute atomic E-state index is 0.358. The van der Waals surface area contributed by atoms with E-state index in [-0.39, 0.29) is 0 Å². The van der Waals surface area contributed by atoms with Crippen LogP contribution in [0.2, 0.25) is 0 Å². The molecule has 0 aliphatic rings. The molecule has 0 aliphatic heterocycles. The predicted octanol–water partition coefficient (Wildman–Crippen LogP) is 2.42. The van der Waals surface area contributed by atoms with Crippen molar-refractivity contribution in [3.8, 4) is 11.8 Å². The maximum Gasteiger partial charge on any atom is 0.136 e. The van der Waals surface area contributed by atoms with E-state index in [1.165, 1.54) is 0 Å². The first-order valence-electron chi connectivity index (χ1n) is 6.46. The smallest absolute Gasteiger partial charge is 0.136 e. The molecule has 1 unspecified atom stereocenters. The number of benzene rings is 1. The quantitative estimate of drug-likeness (QED) is 0.757. The number of hydrogen-bond acceptors (Lipinski definition) is 4. The van der Waals surface area contributed by atoms with Gasteiger partial charge >= 0.3 is 0 Å². The van der Waals surface area contributed by atoms with Crippen molar-refractivity contribution in [2.45, 2.75) is 26.4 Å². The molecule has 1 aromatic carbocycles. The topological polar surface area (TPSA) is 45.5 Å². The summed E-state index contributed by atoms with van der Waals surface area (Å²) >= 11 is 0. The Hall–Kier alpha value is -1.57. The van der Waals surface area contributed by atoms with Crippen molar-refractivity contribution in [1.29, 1.82) is 5.26 Å². The first kappa shape index (κ1) is 15.5. The molecule has 0 aliphatic carbocycles. The summed E-state index contributed by atoms with van der Waals surface area (Å²) in [5.74, 6) is 0.635. The third kappa shape index (κ3) is 4.23. The zero-order valence-corrected chi connectivity index (χ0v) is 12.1. The lowest BCUT2D eigenvalue weighted by Gasteiger charge is -2.27. The number of rotatable bonds is 7. The van der Waals surface area contributed by atoms with Gasteiger partial charge in [0.1, 0.15) is 11.8 Å². The van der Waals surface area contributed by atoms with Gasteiger partial charge in [-0.25, -0.2) is 0 Å². The van der Waals surface area contributed by atoms with Gasteiger partial charge in [0, 0.05) is 19.7 Å². The number of hydrogen-bond donors (Lipinski definition) is 0. The molecular weight excluding hydrogens is 240 g/mol. The van der Waals surface area contributed by atoms with Crippen LogP contribution in [-0.2, 0) is 11.3 Å². The minimum atomic E-state index is 0.358. The Bertz CT molecular complexity index is 440. The number of nitrogens with zero attached hydrogens (tertiary/aromatic N) is 2. The Morgan fingerprint density at radius 1 is 1.37 bits per heavy atom. The molecule has 0 spiro atoms. The van der Waals surface area contributed by atoms with Crippen LogP contribution in [0.4, 0.5) is 0 Å². The minimum Gasteiger partial charge on any atom is -0.495 e. The Morgan fingerprint density at radius 3 is 2.63 bits per heavy atom. The van der Waals surface area contributed by atoms with E-state index < -0.39 is 0 Å². The van der Waals surface area contributed by atoms with E-state index in [9.17, 15) is 0 Å². The van der Waals surface area contributed by atoms with E-state index in [0.717, 1.165) is 18.7 Å². The largest absolute Gasteiger partial charge is 0.495 e. The summed E-state index contributed by atoms with van der Waals surface area (Å²) in [5.41, 5.74) is 1.71. The molecular formula is C15H22N2O2. The van der Waals surface area contributed by atoms with Crippen molar-refractivity contribution >= 4 is 0 Å². The standard InChI is InChI=1S/C15H22N2O2/c1-5-17(12(2)11-18-3)10-13-6-7-14(9-16)15(8-13)19-4/h6-8,12H,5,10-11H2,1-4H3. The van der Waals surface area contributed by atoms with E-state index in [1.54, 1.807) is 14.2 Å². The molecule has 19 heavy (non-hydrogen) atoms. The number of ether oxygens (including phenoxy) is 2. The SMILES string of the molecule is CCN(Cc1ccc(C#N)c(OC)c1)C(C)COC. The van der Waals surface area contributed by atoms with Gasteiger partial charge in [0.15, 0.2) is 0 Å². The van der Waals surface area contributed by atoms with Crippen LogP contribution in [0.25, 0.3) is 0 Å². The molecule has 0 saturated heterocycles. The fraction of sp³-hybridized carbons (Fsp3) is 0.533. The second kappa shape index (κ2) is 7.78. The lowest BCUT2D eigenvalue weighted by molar-refractivity contribution is 0.0981. The van der Waals surface area contributed by atoms with Crippen molar-refractivity contribution in [3.63, 3.8) is 0 Å². The highest BCUT2D eigenvalue weighted by molar-refractivity contribution is 5.45. The molecule has 0 heterocycles. The van der Waals surface area contributed by atoms with Crippen LogP contribution in [0.1, 0.15) is 25.0 Å². The van der Waals surface area contributed by atoms with E-state index in [0.29, 0.717) is 24.0 Å². The van der Waals surface area contributed by atoms with Gasteiger partial charge in [-0.3, -0.25) is 4.90 Å². The zero-order valence-electron chi connectivity index (χ0n) is 12.1. The first-order chi connectivity index (χ1) is 9.15. The molecule has 104 valence electrons. The molecule has 0 fully saturated rings. The summed E-state index contributed by atoms with van der Waals surface area (Å²) in [4.78, 5) is 2.32. The molecule has 0 radical (unpaired) electrons. The molecule has 0 aromatic heterocycles. The van der Waals surface area contributed by atoms with Crippen LogP contribution >= 0.6 is 0 Å². The van der Waals surface area contributed by atoms with Gasteiger partial charge in [0.25, 0.3) is 0 Å². The lowest BCUT2D eigenvalue weighted by Crippen LogP contribution is -2.35. The van der Waals surface area contributed by atoms with Crippen molar-refractivity contribution in [1.82, 2.24) is 4.90 Å². The fourth-order valence-electron chi connectivity index (χ4n) is 2.09. The van der Waals surface area contributed by atoms with Gasteiger partial charge in [-0.1, -0.05) is 13.0 Å². The Labute approximate surface area is 115 Å². The van der Waals surface area contributed by atoms with Crippen molar-refractivity contribution in [2.75, 3.05) is 27.4 Å². The highest BCUT2D eigenvalue weighted by atomic mass is 16.5. The third-order valence-electron chi connectivity index (χ3n) is 3.21.